The predicted octanol–water partition coefficient (Wildman–Crippen LogP) is 2.53. The minimum absolute atomic E-state index is 0.109. The first-order chi connectivity index (χ1) is 8.36. The molecule has 1 rings (SSSR count). The number of benzene rings is 1. The highest BCUT2D eigenvalue weighted by atomic mass is 79.9. The van der Waals surface area contributed by atoms with Crippen molar-refractivity contribution in [1.82, 2.24) is 5.32 Å². The molecule has 3 nitrogen and oxygen atoms in total. The van der Waals surface area contributed by atoms with Crippen LogP contribution in [0, 0.1) is 6.92 Å². The smallest absolute Gasteiger partial charge is 0.222 e. The summed E-state index contributed by atoms with van der Waals surface area (Å²) in [5.74, 6) is -0.113. The van der Waals surface area contributed by atoms with Gasteiger partial charge in [-0.2, -0.15) is 0 Å². The van der Waals surface area contributed by atoms with Crippen molar-refractivity contribution in [2.75, 3.05) is 13.2 Å². The van der Waals surface area contributed by atoms with E-state index in [4.69, 9.17) is 5.11 Å². The van der Waals surface area contributed by atoms with Gasteiger partial charge in [-0.1, -0.05) is 35.8 Å². The zero-order valence-electron chi connectivity index (χ0n) is 11.1. The van der Waals surface area contributed by atoms with E-state index in [2.05, 4.69) is 54.2 Å². The Hall–Kier alpha value is -0.870. The van der Waals surface area contributed by atoms with Crippen LogP contribution in [0.2, 0.25) is 0 Å². The first-order valence-electron chi connectivity index (χ1n) is 6.01. The Morgan fingerprint density at radius 1 is 1.44 bits per heavy atom. The maximum atomic E-state index is 11.4. The molecule has 0 bridgehead atoms. The van der Waals surface area contributed by atoms with Gasteiger partial charge >= 0.3 is 0 Å². The van der Waals surface area contributed by atoms with Gasteiger partial charge in [0.05, 0.1) is 6.61 Å². The quantitative estimate of drug-likeness (QED) is 0.877. The first-order valence-corrected chi connectivity index (χ1v) is 6.80. The molecule has 1 amide bonds. The van der Waals surface area contributed by atoms with Gasteiger partial charge in [-0.25, -0.2) is 0 Å². The van der Waals surface area contributed by atoms with E-state index in [1.807, 2.05) is 6.07 Å². The molecule has 1 aromatic carbocycles. The number of rotatable bonds is 5. The molecule has 0 aliphatic heterocycles. The number of aliphatic hydroxyl groups is 1. The summed E-state index contributed by atoms with van der Waals surface area (Å²) in [6.45, 7) is 6.71. The van der Waals surface area contributed by atoms with E-state index in [9.17, 15) is 4.79 Å². The van der Waals surface area contributed by atoms with Gasteiger partial charge in [0, 0.05) is 22.9 Å². The summed E-state index contributed by atoms with van der Waals surface area (Å²) in [4.78, 5) is 11.4. The van der Waals surface area contributed by atoms with Crippen LogP contribution in [0.25, 0.3) is 0 Å². The van der Waals surface area contributed by atoms with E-state index in [0.29, 0.717) is 6.54 Å². The lowest BCUT2D eigenvalue weighted by molar-refractivity contribution is -0.121. The molecule has 18 heavy (non-hydrogen) atoms. The maximum absolute atomic E-state index is 11.4. The summed E-state index contributed by atoms with van der Waals surface area (Å²) in [6.07, 6.45) is 0.160. The van der Waals surface area contributed by atoms with Gasteiger partial charge in [-0.3, -0.25) is 4.79 Å². The monoisotopic (exact) mass is 313 g/mol. The zero-order valence-corrected chi connectivity index (χ0v) is 12.7. The van der Waals surface area contributed by atoms with Gasteiger partial charge in [0.15, 0.2) is 0 Å². The molecule has 0 saturated heterocycles. The largest absolute Gasteiger partial charge is 0.396 e. The Morgan fingerprint density at radius 2 is 2.11 bits per heavy atom. The second kappa shape index (κ2) is 6.34. The Balaban J connectivity index is 2.79. The molecule has 0 aliphatic carbocycles. The molecule has 0 spiro atoms. The molecular formula is C14H20BrNO2. The van der Waals surface area contributed by atoms with E-state index in [-0.39, 0.29) is 24.3 Å². The number of carbonyl (C=O) groups is 1. The Labute approximate surface area is 117 Å². The molecule has 0 aliphatic rings. The number of hydrogen-bond donors (Lipinski definition) is 2. The fourth-order valence-corrected chi connectivity index (χ4v) is 2.29. The Bertz CT molecular complexity index is 430. The molecule has 4 heteroatoms. The van der Waals surface area contributed by atoms with Crippen molar-refractivity contribution in [3.05, 3.63) is 33.8 Å². The van der Waals surface area contributed by atoms with Gasteiger partial charge in [0.2, 0.25) is 5.91 Å². The summed E-state index contributed by atoms with van der Waals surface area (Å²) in [7, 11) is 0. The van der Waals surface area contributed by atoms with Crippen molar-refractivity contribution in [1.29, 1.82) is 0 Å². The summed E-state index contributed by atoms with van der Waals surface area (Å²) >= 11 is 3.47. The highest BCUT2D eigenvalue weighted by Gasteiger charge is 2.23. The Morgan fingerprint density at radius 3 is 2.72 bits per heavy atom. The third kappa shape index (κ3) is 4.10. The lowest BCUT2D eigenvalue weighted by atomic mass is 9.82. The average Bonchev–Trinajstić information content (AvgIpc) is 2.30. The van der Waals surface area contributed by atoms with E-state index < -0.39 is 0 Å². The van der Waals surface area contributed by atoms with Crippen LogP contribution in [0.4, 0.5) is 0 Å². The normalized spacial score (nSPS) is 11.4. The third-order valence-electron chi connectivity index (χ3n) is 3.00. The summed E-state index contributed by atoms with van der Waals surface area (Å²) in [6, 6.07) is 6.17. The standard InChI is InChI=1S/C14H20BrNO2/c1-10-4-5-11(15)8-12(10)14(2,3)9-16-13(18)6-7-17/h4-5,8,17H,6-7,9H2,1-3H3,(H,16,18). The zero-order chi connectivity index (χ0) is 13.8. The van der Waals surface area contributed by atoms with Crippen molar-refractivity contribution < 1.29 is 9.90 Å². The highest BCUT2D eigenvalue weighted by Crippen LogP contribution is 2.28. The second-order valence-electron chi connectivity index (χ2n) is 5.09. The molecule has 0 aromatic heterocycles. The SMILES string of the molecule is Cc1ccc(Br)cc1C(C)(C)CNC(=O)CCO. The van der Waals surface area contributed by atoms with Crippen molar-refractivity contribution in [3.63, 3.8) is 0 Å². The number of hydrogen-bond acceptors (Lipinski definition) is 2. The van der Waals surface area contributed by atoms with Crippen molar-refractivity contribution in [2.24, 2.45) is 0 Å². The van der Waals surface area contributed by atoms with Crippen molar-refractivity contribution in [3.8, 4) is 0 Å². The molecule has 0 atom stereocenters. The van der Waals surface area contributed by atoms with E-state index >= 15 is 0 Å². The van der Waals surface area contributed by atoms with Crippen molar-refractivity contribution >= 4 is 21.8 Å². The minimum atomic E-state index is -0.140. The van der Waals surface area contributed by atoms with Gasteiger partial charge in [-0.05, 0) is 30.2 Å². The molecule has 0 unspecified atom stereocenters. The molecule has 0 radical (unpaired) electrons. The van der Waals surface area contributed by atoms with Crippen molar-refractivity contribution in [2.45, 2.75) is 32.6 Å². The lowest BCUT2D eigenvalue weighted by Crippen LogP contribution is -2.37. The van der Waals surface area contributed by atoms with E-state index in [0.717, 1.165) is 4.47 Å². The lowest BCUT2D eigenvalue weighted by Gasteiger charge is -2.27. The molecule has 0 heterocycles. The number of nitrogens with one attached hydrogen (secondary N) is 1. The summed E-state index contributed by atoms with van der Waals surface area (Å²) in [5.41, 5.74) is 2.28. The molecule has 0 fully saturated rings. The van der Waals surface area contributed by atoms with Crippen LogP contribution >= 0.6 is 15.9 Å². The third-order valence-corrected chi connectivity index (χ3v) is 3.49. The maximum Gasteiger partial charge on any atom is 0.222 e. The highest BCUT2D eigenvalue weighted by molar-refractivity contribution is 9.10. The first kappa shape index (κ1) is 15.2. The topological polar surface area (TPSA) is 49.3 Å². The minimum Gasteiger partial charge on any atom is -0.396 e. The van der Waals surface area contributed by atoms with Crippen LogP contribution < -0.4 is 5.32 Å². The van der Waals surface area contributed by atoms with Crippen LogP contribution in [0.3, 0.4) is 0 Å². The Kier molecular flexibility index (Phi) is 5.35. The summed E-state index contributed by atoms with van der Waals surface area (Å²) in [5, 5.41) is 11.6. The number of aryl methyl sites for hydroxylation is 1. The van der Waals surface area contributed by atoms with Crippen LogP contribution in [-0.2, 0) is 10.2 Å². The molecule has 100 valence electrons. The summed E-state index contributed by atoms with van der Waals surface area (Å²) < 4.78 is 1.04. The molecule has 2 N–H and O–H groups in total. The fourth-order valence-electron chi connectivity index (χ4n) is 1.93. The van der Waals surface area contributed by atoms with Crippen LogP contribution in [0.1, 0.15) is 31.4 Å². The number of carbonyl (C=O) groups excluding carboxylic acids is 1. The molecular weight excluding hydrogens is 294 g/mol. The van der Waals surface area contributed by atoms with Crippen LogP contribution in [0.5, 0.6) is 0 Å². The average molecular weight is 314 g/mol. The van der Waals surface area contributed by atoms with Crippen LogP contribution in [-0.4, -0.2) is 24.2 Å². The van der Waals surface area contributed by atoms with Gasteiger partial charge in [0.25, 0.3) is 0 Å². The van der Waals surface area contributed by atoms with Crippen LogP contribution in [0.15, 0.2) is 22.7 Å². The second-order valence-corrected chi connectivity index (χ2v) is 6.01. The van der Waals surface area contributed by atoms with Gasteiger partial charge in [-0.15, -0.1) is 0 Å². The van der Waals surface area contributed by atoms with Gasteiger partial charge in [0.1, 0.15) is 0 Å². The predicted molar refractivity (Wildman–Crippen MR) is 76.6 cm³/mol. The number of amides is 1. The molecule has 1 aromatic rings. The fraction of sp³-hybridized carbons (Fsp3) is 0.500. The van der Waals surface area contributed by atoms with Gasteiger partial charge < -0.3 is 10.4 Å². The van der Waals surface area contributed by atoms with E-state index in [1.165, 1.54) is 11.1 Å². The molecule has 0 saturated carbocycles. The number of aliphatic hydroxyl groups excluding tert-OH is 1. The van der Waals surface area contributed by atoms with E-state index in [1.54, 1.807) is 0 Å². The number of halogens is 1.